The van der Waals surface area contributed by atoms with Crippen LogP contribution in [0.5, 0.6) is 5.75 Å². The summed E-state index contributed by atoms with van der Waals surface area (Å²) in [5.74, 6) is 1.90. The molecule has 0 aliphatic carbocycles. The number of benzene rings is 2. The lowest BCUT2D eigenvalue weighted by Gasteiger charge is -2.28. The summed E-state index contributed by atoms with van der Waals surface area (Å²) >= 11 is 0. The molecule has 0 saturated heterocycles. The molecule has 3 aromatic rings. The average molecular weight is 293 g/mol. The van der Waals surface area contributed by atoms with E-state index in [0.717, 1.165) is 42.2 Å². The van der Waals surface area contributed by atoms with Crippen LogP contribution >= 0.6 is 0 Å². The third-order valence-corrected chi connectivity index (χ3v) is 4.18. The Morgan fingerprint density at radius 1 is 1.18 bits per heavy atom. The average Bonchev–Trinajstić information content (AvgIpc) is 2.98. The maximum absolute atomic E-state index is 5.62. The summed E-state index contributed by atoms with van der Waals surface area (Å²) in [4.78, 5) is 10.4. The molecule has 2 heterocycles. The van der Waals surface area contributed by atoms with Gasteiger partial charge in [0.15, 0.2) is 0 Å². The van der Waals surface area contributed by atoms with Crippen molar-refractivity contribution in [2.24, 2.45) is 0 Å². The van der Waals surface area contributed by atoms with Gasteiger partial charge in [-0.25, -0.2) is 4.98 Å². The number of H-pyrrole nitrogens is 1. The zero-order chi connectivity index (χ0) is 14.9. The van der Waals surface area contributed by atoms with Gasteiger partial charge in [-0.3, -0.25) is 0 Å². The molecule has 0 unspecified atom stereocenters. The predicted octanol–water partition coefficient (Wildman–Crippen LogP) is 3.52. The molecule has 0 fully saturated rings. The first kappa shape index (κ1) is 13.2. The number of hydrogen-bond acceptors (Lipinski definition) is 3. The summed E-state index contributed by atoms with van der Waals surface area (Å²) in [6, 6.07) is 14.6. The normalized spacial score (nSPS) is 14.1. The smallest absolute Gasteiger partial charge is 0.204 e. The minimum atomic E-state index is 0.700. The molecule has 0 amide bonds. The quantitative estimate of drug-likeness (QED) is 0.803. The van der Waals surface area contributed by atoms with Crippen LogP contribution in [0.3, 0.4) is 0 Å². The molecule has 1 aliphatic heterocycles. The summed E-state index contributed by atoms with van der Waals surface area (Å²) in [5.41, 5.74) is 4.85. The molecule has 22 heavy (non-hydrogen) atoms. The highest BCUT2D eigenvalue weighted by Crippen LogP contribution is 2.27. The van der Waals surface area contributed by atoms with E-state index >= 15 is 0 Å². The van der Waals surface area contributed by atoms with Crippen molar-refractivity contribution < 1.29 is 4.74 Å². The zero-order valence-corrected chi connectivity index (χ0v) is 12.7. The Morgan fingerprint density at radius 2 is 2.09 bits per heavy atom. The molecule has 4 heteroatoms. The molecular formula is C18H19N3O. The van der Waals surface area contributed by atoms with E-state index in [1.165, 1.54) is 11.1 Å². The first-order chi connectivity index (χ1) is 10.8. The Hall–Kier alpha value is -2.49. The van der Waals surface area contributed by atoms with Crippen LogP contribution in [-0.2, 0) is 13.0 Å². The summed E-state index contributed by atoms with van der Waals surface area (Å²) in [6.07, 6.45) is 1.04. The number of fused-ring (bicyclic) bond motifs is 2. The molecule has 4 nitrogen and oxygen atoms in total. The highest BCUT2D eigenvalue weighted by atomic mass is 16.5. The van der Waals surface area contributed by atoms with E-state index in [2.05, 4.69) is 34.1 Å². The third-order valence-electron chi connectivity index (χ3n) is 4.18. The fourth-order valence-corrected chi connectivity index (χ4v) is 3.06. The fourth-order valence-electron chi connectivity index (χ4n) is 3.06. The van der Waals surface area contributed by atoms with E-state index in [1.807, 2.05) is 25.1 Å². The fraction of sp³-hybridized carbons (Fsp3) is 0.278. The van der Waals surface area contributed by atoms with Crippen LogP contribution in [0.4, 0.5) is 5.95 Å². The minimum absolute atomic E-state index is 0.700. The van der Waals surface area contributed by atoms with Gasteiger partial charge in [0.1, 0.15) is 5.75 Å². The maximum atomic E-state index is 5.62. The van der Waals surface area contributed by atoms with Crippen molar-refractivity contribution >= 4 is 17.0 Å². The molecule has 0 bridgehead atoms. The monoisotopic (exact) mass is 293 g/mol. The lowest BCUT2D eigenvalue weighted by atomic mass is 10.00. The molecule has 1 aliphatic rings. The van der Waals surface area contributed by atoms with Crippen LogP contribution in [0.2, 0.25) is 0 Å². The largest absolute Gasteiger partial charge is 0.494 e. The molecule has 1 N–H and O–H groups in total. The number of rotatable bonds is 3. The van der Waals surface area contributed by atoms with Gasteiger partial charge in [0.25, 0.3) is 0 Å². The lowest BCUT2D eigenvalue weighted by Crippen LogP contribution is -2.31. The second kappa shape index (κ2) is 5.37. The lowest BCUT2D eigenvalue weighted by molar-refractivity contribution is 0.339. The van der Waals surface area contributed by atoms with Gasteiger partial charge in [-0.1, -0.05) is 18.2 Å². The Balaban J connectivity index is 1.64. The Kier molecular flexibility index (Phi) is 3.22. The van der Waals surface area contributed by atoms with Gasteiger partial charge in [-0.05, 0) is 48.7 Å². The SMILES string of the molecule is CCOc1ccc2c(c1)CN(c1nc3ccccc3[nH]1)CC2. The summed E-state index contributed by atoms with van der Waals surface area (Å²) in [6.45, 7) is 4.57. The van der Waals surface area contributed by atoms with Crippen molar-refractivity contribution in [3.63, 3.8) is 0 Å². The molecule has 0 saturated carbocycles. The number of para-hydroxylation sites is 2. The molecule has 0 spiro atoms. The summed E-state index contributed by atoms with van der Waals surface area (Å²) in [7, 11) is 0. The number of imidazole rings is 1. The van der Waals surface area contributed by atoms with E-state index in [4.69, 9.17) is 9.72 Å². The molecule has 4 rings (SSSR count). The number of ether oxygens (including phenoxy) is 1. The van der Waals surface area contributed by atoms with Gasteiger partial charge >= 0.3 is 0 Å². The molecule has 1 aromatic heterocycles. The number of anilines is 1. The van der Waals surface area contributed by atoms with Crippen molar-refractivity contribution in [3.8, 4) is 5.75 Å². The van der Waals surface area contributed by atoms with Gasteiger partial charge in [-0.2, -0.15) is 0 Å². The standard InChI is InChI=1S/C18H19N3O/c1-2-22-15-8-7-13-9-10-21(12-14(13)11-15)18-19-16-5-3-4-6-17(16)20-18/h3-8,11H,2,9-10,12H2,1H3,(H,19,20). The number of nitrogens with one attached hydrogen (secondary N) is 1. The second-order valence-corrected chi connectivity index (χ2v) is 5.61. The van der Waals surface area contributed by atoms with Crippen LogP contribution in [0.15, 0.2) is 42.5 Å². The highest BCUT2D eigenvalue weighted by molar-refractivity contribution is 5.77. The Bertz CT molecular complexity index is 776. The number of hydrogen-bond donors (Lipinski definition) is 1. The summed E-state index contributed by atoms with van der Waals surface area (Å²) < 4.78 is 5.62. The van der Waals surface area contributed by atoms with Crippen molar-refractivity contribution in [2.45, 2.75) is 19.9 Å². The first-order valence-electron chi connectivity index (χ1n) is 7.78. The maximum Gasteiger partial charge on any atom is 0.204 e. The van der Waals surface area contributed by atoms with Gasteiger partial charge in [0.2, 0.25) is 5.95 Å². The number of nitrogens with zero attached hydrogens (tertiary/aromatic N) is 2. The van der Waals surface area contributed by atoms with Crippen LogP contribution in [0.1, 0.15) is 18.1 Å². The van der Waals surface area contributed by atoms with E-state index in [-0.39, 0.29) is 0 Å². The van der Waals surface area contributed by atoms with Crippen LogP contribution < -0.4 is 9.64 Å². The zero-order valence-electron chi connectivity index (χ0n) is 12.7. The van der Waals surface area contributed by atoms with E-state index < -0.39 is 0 Å². The van der Waals surface area contributed by atoms with E-state index in [9.17, 15) is 0 Å². The van der Waals surface area contributed by atoms with Crippen molar-refractivity contribution in [2.75, 3.05) is 18.1 Å². The highest BCUT2D eigenvalue weighted by Gasteiger charge is 2.19. The number of aromatic nitrogens is 2. The molecular weight excluding hydrogens is 274 g/mol. The van der Waals surface area contributed by atoms with Crippen LogP contribution in [0.25, 0.3) is 11.0 Å². The molecule has 112 valence electrons. The van der Waals surface area contributed by atoms with Gasteiger partial charge < -0.3 is 14.6 Å². The van der Waals surface area contributed by atoms with E-state index in [1.54, 1.807) is 0 Å². The summed E-state index contributed by atoms with van der Waals surface area (Å²) in [5, 5.41) is 0. The molecule has 0 atom stereocenters. The van der Waals surface area contributed by atoms with Gasteiger partial charge in [-0.15, -0.1) is 0 Å². The minimum Gasteiger partial charge on any atom is -0.494 e. The Morgan fingerprint density at radius 3 is 2.95 bits per heavy atom. The second-order valence-electron chi connectivity index (χ2n) is 5.61. The van der Waals surface area contributed by atoms with Gasteiger partial charge in [0, 0.05) is 13.1 Å². The van der Waals surface area contributed by atoms with Crippen molar-refractivity contribution in [1.29, 1.82) is 0 Å². The van der Waals surface area contributed by atoms with Crippen LogP contribution in [-0.4, -0.2) is 23.1 Å². The van der Waals surface area contributed by atoms with Crippen LogP contribution in [0, 0.1) is 0 Å². The molecule has 0 radical (unpaired) electrons. The van der Waals surface area contributed by atoms with Crippen molar-refractivity contribution in [1.82, 2.24) is 9.97 Å². The van der Waals surface area contributed by atoms with E-state index in [0.29, 0.717) is 6.61 Å². The predicted molar refractivity (Wildman–Crippen MR) is 88.5 cm³/mol. The van der Waals surface area contributed by atoms with Gasteiger partial charge in [0.05, 0.1) is 17.6 Å². The Labute approximate surface area is 129 Å². The number of aromatic amines is 1. The molecule has 2 aromatic carbocycles. The first-order valence-corrected chi connectivity index (χ1v) is 7.78. The van der Waals surface area contributed by atoms with Crippen molar-refractivity contribution in [3.05, 3.63) is 53.6 Å². The topological polar surface area (TPSA) is 41.1 Å². The third kappa shape index (κ3) is 2.30.